The average molecular weight is 258 g/mol. The lowest BCUT2D eigenvalue weighted by Gasteiger charge is -2.21. The van der Waals surface area contributed by atoms with Crippen LogP contribution in [0, 0.1) is 11.6 Å². The number of amides is 1. The largest absolute Gasteiger partial charge is 0.481 e. The van der Waals surface area contributed by atoms with E-state index >= 15 is 0 Å². The van der Waals surface area contributed by atoms with Crippen LogP contribution in [0.5, 0.6) is 5.75 Å². The van der Waals surface area contributed by atoms with Crippen molar-refractivity contribution in [2.75, 3.05) is 19.4 Å². The fourth-order valence-corrected chi connectivity index (χ4v) is 1.18. The Morgan fingerprint density at radius 2 is 2.00 bits per heavy atom. The first-order valence-electron chi connectivity index (χ1n) is 5.46. The molecule has 0 saturated heterocycles. The monoisotopic (exact) mass is 258 g/mol. The molecule has 1 rings (SSSR count). The van der Waals surface area contributed by atoms with Gasteiger partial charge >= 0.3 is 0 Å². The van der Waals surface area contributed by atoms with Gasteiger partial charge in [-0.15, -0.1) is 0 Å². The van der Waals surface area contributed by atoms with Gasteiger partial charge in [0.25, 0.3) is 5.91 Å². The fourth-order valence-electron chi connectivity index (χ4n) is 1.18. The maximum Gasteiger partial charge on any atom is 0.260 e. The van der Waals surface area contributed by atoms with Crippen molar-refractivity contribution in [1.29, 1.82) is 0 Å². The number of halogens is 2. The zero-order valence-corrected chi connectivity index (χ0v) is 10.5. The van der Waals surface area contributed by atoms with Crippen molar-refractivity contribution in [3.8, 4) is 5.75 Å². The van der Waals surface area contributed by atoms with Gasteiger partial charge in [-0.3, -0.25) is 4.79 Å². The van der Waals surface area contributed by atoms with Crippen LogP contribution < -0.4 is 10.5 Å². The number of hydrogen-bond donors (Lipinski definition) is 1. The Balaban J connectivity index is 2.70. The van der Waals surface area contributed by atoms with Gasteiger partial charge in [0.1, 0.15) is 5.82 Å². The van der Waals surface area contributed by atoms with Gasteiger partial charge in [0, 0.05) is 25.2 Å². The van der Waals surface area contributed by atoms with Crippen LogP contribution in [0.15, 0.2) is 12.1 Å². The lowest BCUT2D eigenvalue weighted by Crippen LogP contribution is -2.36. The lowest BCUT2D eigenvalue weighted by atomic mass is 10.3. The van der Waals surface area contributed by atoms with Gasteiger partial charge in [0.2, 0.25) is 0 Å². The Morgan fingerprint density at radius 1 is 1.39 bits per heavy atom. The molecular weight excluding hydrogens is 242 g/mol. The molecule has 0 aliphatic rings. The van der Waals surface area contributed by atoms with Crippen LogP contribution in [0.4, 0.5) is 14.5 Å². The number of anilines is 1. The summed E-state index contributed by atoms with van der Waals surface area (Å²) in [6, 6.07) is 1.66. The highest BCUT2D eigenvalue weighted by Gasteiger charge is 2.15. The predicted octanol–water partition coefficient (Wildman–Crippen LogP) is 1.79. The van der Waals surface area contributed by atoms with Crippen LogP contribution in [-0.2, 0) is 4.79 Å². The van der Waals surface area contributed by atoms with Crippen molar-refractivity contribution >= 4 is 11.6 Å². The van der Waals surface area contributed by atoms with Crippen molar-refractivity contribution in [3.05, 3.63) is 23.8 Å². The summed E-state index contributed by atoms with van der Waals surface area (Å²) in [5.74, 6) is -2.22. The molecule has 100 valence electrons. The van der Waals surface area contributed by atoms with Gasteiger partial charge in [-0.25, -0.2) is 8.78 Å². The molecule has 2 N–H and O–H groups in total. The molecular formula is C12H16F2N2O2. The van der Waals surface area contributed by atoms with E-state index in [4.69, 9.17) is 10.5 Å². The number of benzene rings is 1. The van der Waals surface area contributed by atoms with E-state index in [0.29, 0.717) is 0 Å². The van der Waals surface area contributed by atoms with E-state index in [2.05, 4.69) is 0 Å². The second-order valence-electron chi connectivity index (χ2n) is 4.19. The number of nitrogens with zero attached hydrogens (tertiary/aromatic N) is 1. The molecule has 4 nitrogen and oxygen atoms in total. The number of nitrogen functional groups attached to an aromatic ring is 1. The van der Waals surface area contributed by atoms with Crippen molar-refractivity contribution in [2.24, 2.45) is 0 Å². The van der Waals surface area contributed by atoms with E-state index in [-0.39, 0.29) is 30.0 Å². The molecule has 1 amide bonds. The molecule has 0 spiro atoms. The summed E-state index contributed by atoms with van der Waals surface area (Å²) in [5, 5.41) is 0. The molecule has 0 aliphatic heterocycles. The minimum absolute atomic E-state index is 0.00843. The van der Waals surface area contributed by atoms with Gasteiger partial charge in [-0.2, -0.15) is 0 Å². The van der Waals surface area contributed by atoms with E-state index in [1.807, 2.05) is 13.8 Å². The van der Waals surface area contributed by atoms with E-state index in [1.54, 1.807) is 7.05 Å². The van der Waals surface area contributed by atoms with E-state index in [0.717, 1.165) is 12.1 Å². The molecule has 0 radical (unpaired) electrons. The van der Waals surface area contributed by atoms with E-state index in [1.165, 1.54) is 4.90 Å². The minimum atomic E-state index is -0.797. The molecule has 0 aliphatic carbocycles. The molecule has 6 heteroatoms. The fraction of sp³-hybridized carbons (Fsp3) is 0.417. The average Bonchev–Trinajstić information content (AvgIpc) is 2.30. The highest BCUT2D eigenvalue weighted by molar-refractivity contribution is 5.77. The molecule has 1 aromatic carbocycles. The summed E-state index contributed by atoms with van der Waals surface area (Å²) >= 11 is 0. The van der Waals surface area contributed by atoms with Crippen LogP contribution in [0.25, 0.3) is 0 Å². The number of carbonyl (C=O) groups is 1. The zero-order valence-electron chi connectivity index (χ0n) is 10.5. The van der Waals surface area contributed by atoms with E-state index in [9.17, 15) is 13.6 Å². The van der Waals surface area contributed by atoms with Crippen LogP contribution >= 0.6 is 0 Å². The molecule has 0 saturated carbocycles. The second kappa shape index (κ2) is 5.66. The van der Waals surface area contributed by atoms with Crippen LogP contribution in [0.3, 0.4) is 0 Å². The summed E-state index contributed by atoms with van der Waals surface area (Å²) in [6.45, 7) is 3.32. The van der Waals surface area contributed by atoms with Gasteiger partial charge in [0.15, 0.2) is 18.2 Å². The molecule has 0 unspecified atom stereocenters. The van der Waals surface area contributed by atoms with Gasteiger partial charge < -0.3 is 15.4 Å². The Hall–Kier alpha value is -1.85. The first kappa shape index (κ1) is 14.2. The highest BCUT2D eigenvalue weighted by Crippen LogP contribution is 2.22. The summed E-state index contributed by atoms with van der Waals surface area (Å²) in [7, 11) is 1.61. The molecule has 0 fully saturated rings. The zero-order chi connectivity index (χ0) is 13.9. The summed E-state index contributed by atoms with van der Waals surface area (Å²) in [6.07, 6.45) is 0. The Labute approximate surface area is 104 Å². The van der Waals surface area contributed by atoms with Gasteiger partial charge in [-0.05, 0) is 13.8 Å². The SMILES string of the molecule is CC(C)N(C)C(=O)COc1cc(F)c(N)cc1F. The standard InChI is InChI=1S/C12H16F2N2O2/c1-7(2)16(3)12(17)6-18-11-5-8(13)10(15)4-9(11)14/h4-5,7H,6,15H2,1-3H3. The van der Waals surface area contributed by atoms with Gasteiger partial charge in [0.05, 0.1) is 5.69 Å². The molecule has 0 bridgehead atoms. The maximum atomic E-state index is 13.3. The smallest absolute Gasteiger partial charge is 0.260 e. The minimum Gasteiger partial charge on any atom is -0.481 e. The maximum absolute atomic E-state index is 13.3. The number of likely N-dealkylation sites (N-methyl/N-ethyl adjacent to an activating group) is 1. The Morgan fingerprint density at radius 3 is 2.56 bits per heavy atom. The molecule has 0 heterocycles. The number of ether oxygens (including phenoxy) is 1. The van der Waals surface area contributed by atoms with Crippen LogP contribution in [-0.4, -0.2) is 30.5 Å². The summed E-state index contributed by atoms with van der Waals surface area (Å²) in [4.78, 5) is 13.0. The normalized spacial score (nSPS) is 10.6. The molecule has 1 aromatic rings. The molecule has 0 atom stereocenters. The van der Waals surface area contributed by atoms with Crippen molar-refractivity contribution in [2.45, 2.75) is 19.9 Å². The second-order valence-corrected chi connectivity index (χ2v) is 4.19. The number of hydrogen-bond acceptors (Lipinski definition) is 3. The molecule has 18 heavy (non-hydrogen) atoms. The van der Waals surface area contributed by atoms with Crippen molar-refractivity contribution in [3.63, 3.8) is 0 Å². The van der Waals surface area contributed by atoms with Crippen LogP contribution in [0.1, 0.15) is 13.8 Å². The lowest BCUT2D eigenvalue weighted by molar-refractivity contribution is -0.133. The van der Waals surface area contributed by atoms with Crippen molar-refractivity contribution in [1.82, 2.24) is 4.90 Å². The molecule has 0 aromatic heterocycles. The number of carbonyl (C=O) groups excluding carboxylic acids is 1. The van der Waals surface area contributed by atoms with Crippen molar-refractivity contribution < 1.29 is 18.3 Å². The Kier molecular flexibility index (Phi) is 4.47. The quantitative estimate of drug-likeness (QED) is 0.838. The third kappa shape index (κ3) is 3.32. The summed E-state index contributed by atoms with van der Waals surface area (Å²) in [5.41, 5.74) is 4.89. The van der Waals surface area contributed by atoms with E-state index < -0.39 is 11.6 Å². The number of nitrogens with two attached hydrogens (primary N) is 1. The third-order valence-electron chi connectivity index (χ3n) is 2.57. The summed E-state index contributed by atoms with van der Waals surface area (Å²) < 4.78 is 31.4. The van der Waals surface area contributed by atoms with Gasteiger partial charge in [-0.1, -0.05) is 0 Å². The highest BCUT2D eigenvalue weighted by atomic mass is 19.1. The predicted molar refractivity (Wildman–Crippen MR) is 64.2 cm³/mol. The topological polar surface area (TPSA) is 55.6 Å². The first-order chi connectivity index (χ1) is 8.32. The first-order valence-corrected chi connectivity index (χ1v) is 5.46. The Bertz CT molecular complexity index is 450. The van der Waals surface area contributed by atoms with Crippen LogP contribution in [0.2, 0.25) is 0 Å². The number of rotatable bonds is 4. The third-order valence-corrected chi connectivity index (χ3v) is 2.57.